The molecule has 2 rings (SSSR count). The van der Waals surface area contributed by atoms with Gasteiger partial charge in [0.15, 0.2) is 5.78 Å². The van der Waals surface area contributed by atoms with E-state index in [1.165, 1.54) is 5.54 Å². The van der Waals surface area contributed by atoms with E-state index in [1.807, 2.05) is 17.0 Å². The quantitative estimate of drug-likeness (QED) is 0.741. The summed E-state index contributed by atoms with van der Waals surface area (Å²) in [4.78, 5) is 11.8. The first kappa shape index (κ1) is 11.7. The van der Waals surface area contributed by atoms with Gasteiger partial charge in [-0.2, -0.15) is 0 Å². The van der Waals surface area contributed by atoms with Crippen molar-refractivity contribution in [2.75, 3.05) is 0 Å². The van der Waals surface area contributed by atoms with Crippen molar-refractivity contribution in [2.24, 2.45) is 0 Å². The second kappa shape index (κ2) is 5.07. The number of Topliss-reactive ketones (excluding diaryl/α,β-unsaturated/α-hetero) is 1. The molecule has 1 heterocycles. The Hall–Kier alpha value is -0.730. The topological polar surface area (TPSA) is 22.0 Å². The fourth-order valence-corrected chi connectivity index (χ4v) is 2.25. The molecule has 0 aromatic carbocycles. The third kappa shape index (κ3) is 2.50. The molecule has 1 aromatic rings. The number of hydrogen-bond acceptors (Lipinski definition) is 1. The lowest BCUT2D eigenvalue weighted by Gasteiger charge is -2.00. The summed E-state index contributed by atoms with van der Waals surface area (Å²) in [6.45, 7) is 0.533. The maximum Gasteiger partial charge on any atom is 0.164 e. The largest absolute Gasteiger partial charge is 0.348 e. The number of aryl methyl sites for hydroxylation is 1. The molecule has 0 aliphatic heterocycles. The van der Waals surface area contributed by atoms with E-state index < -0.39 is 0 Å². The highest BCUT2D eigenvalue weighted by Gasteiger charge is 2.17. The number of allylic oxidation sites excluding steroid dienone is 1. The predicted molar refractivity (Wildman–Crippen MR) is 66.1 cm³/mol. The molecular formula is C12H13Cl2NO. The van der Waals surface area contributed by atoms with Crippen LogP contribution >= 0.6 is 23.2 Å². The van der Waals surface area contributed by atoms with Crippen molar-refractivity contribution < 1.29 is 4.79 Å². The highest BCUT2D eigenvalue weighted by Crippen LogP contribution is 2.22. The second-order valence-corrected chi connectivity index (χ2v) is 4.76. The number of rotatable bonds is 2. The van der Waals surface area contributed by atoms with Gasteiger partial charge in [-0.05, 0) is 24.8 Å². The van der Waals surface area contributed by atoms with Crippen molar-refractivity contribution in [3.63, 3.8) is 0 Å². The van der Waals surface area contributed by atoms with Crippen molar-refractivity contribution in [1.29, 1.82) is 0 Å². The lowest BCUT2D eigenvalue weighted by molar-refractivity contribution is 0.0982. The zero-order valence-electron chi connectivity index (χ0n) is 8.88. The average Bonchev–Trinajstić information content (AvgIpc) is 2.59. The van der Waals surface area contributed by atoms with Gasteiger partial charge in [0.1, 0.15) is 0 Å². The molecular weight excluding hydrogens is 245 g/mol. The Morgan fingerprint density at radius 3 is 2.88 bits per heavy atom. The molecule has 0 fully saturated rings. The third-order valence-corrected chi connectivity index (χ3v) is 3.42. The van der Waals surface area contributed by atoms with Crippen LogP contribution in [-0.2, 0) is 13.0 Å². The van der Waals surface area contributed by atoms with Gasteiger partial charge in [-0.3, -0.25) is 4.79 Å². The van der Waals surface area contributed by atoms with Gasteiger partial charge >= 0.3 is 0 Å². The number of hydrogen-bond donors (Lipinski definition) is 0. The molecule has 0 N–H and O–H groups in total. The molecule has 0 unspecified atom stereocenters. The van der Waals surface area contributed by atoms with Crippen LogP contribution in [0.1, 0.15) is 35.2 Å². The zero-order valence-corrected chi connectivity index (χ0v) is 10.4. The number of carbonyl (C=O) groups excluding carboxylic acids is 1. The first-order valence-electron chi connectivity index (χ1n) is 5.37. The highest BCUT2D eigenvalue weighted by atomic mass is 35.5. The Bertz CT molecular complexity index is 434. The van der Waals surface area contributed by atoms with Crippen LogP contribution in [0.25, 0.3) is 0 Å². The SMILES string of the molecule is O=C1CCCCc2cn(C/C(Cl)=C\Cl)cc21. The van der Waals surface area contributed by atoms with E-state index >= 15 is 0 Å². The summed E-state index contributed by atoms with van der Waals surface area (Å²) in [5.41, 5.74) is 3.35. The lowest BCUT2D eigenvalue weighted by Crippen LogP contribution is -1.97. The minimum absolute atomic E-state index is 0.247. The summed E-state index contributed by atoms with van der Waals surface area (Å²) in [7, 11) is 0. The van der Waals surface area contributed by atoms with Gasteiger partial charge in [0.2, 0.25) is 0 Å². The van der Waals surface area contributed by atoms with Gasteiger partial charge in [0.05, 0.1) is 6.54 Å². The number of fused-ring (bicyclic) bond motifs is 1. The van der Waals surface area contributed by atoms with E-state index in [9.17, 15) is 4.79 Å². The van der Waals surface area contributed by atoms with Crippen LogP contribution in [-0.4, -0.2) is 10.4 Å². The molecule has 0 saturated heterocycles. The van der Waals surface area contributed by atoms with Crippen LogP contribution in [0, 0.1) is 0 Å². The predicted octanol–water partition coefficient (Wildman–Crippen LogP) is 3.72. The van der Waals surface area contributed by atoms with Gasteiger partial charge in [-0.1, -0.05) is 23.2 Å². The summed E-state index contributed by atoms with van der Waals surface area (Å²) >= 11 is 11.4. The molecule has 86 valence electrons. The molecule has 0 atom stereocenters. The molecule has 1 aliphatic carbocycles. The van der Waals surface area contributed by atoms with E-state index in [-0.39, 0.29) is 5.78 Å². The van der Waals surface area contributed by atoms with E-state index in [0.29, 0.717) is 18.0 Å². The Morgan fingerprint density at radius 1 is 1.38 bits per heavy atom. The fraction of sp³-hybridized carbons (Fsp3) is 0.417. The van der Waals surface area contributed by atoms with E-state index in [0.717, 1.165) is 30.4 Å². The van der Waals surface area contributed by atoms with Crippen LogP contribution in [0.15, 0.2) is 23.0 Å². The average molecular weight is 258 g/mol. The molecule has 0 amide bonds. The molecule has 0 saturated carbocycles. The molecule has 16 heavy (non-hydrogen) atoms. The number of ketones is 1. The number of nitrogens with zero attached hydrogens (tertiary/aromatic N) is 1. The minimum atomic E-state index is 0.247. The lowest BCUT2D eigenvalue weighted by atomic mass is 10.1. The Kier molecular flexibility index (Phi) is 3.72. The van der Waals surface area contributed by atoms with E-state index in [1.54, 1.807) is 0 Å². The standard InChI is InChI=1S/C12H13Cl2NO/c13-5-10(14)7-15-6-9-3-1-2-4-12(16)11(9)8-15/h5-6,8H,1-4,7H2/b10-5+. The van der Waals surface area contributed by atoms with Crippen molar-refractivity contribution in [3.05, 3.63) is 34.1 Å². The van der Waals surface area contributed by atoms with Gasteiger partial charge in [0.25, 0.3) is 0 Å². The Morgan fingerprint density at radius 2 is 2.12 bits per heavy atom. The van der Waals surface area contributed by atoms with E-state index in [2.05, 4.69) is 0 Å². The summed E-state index contributed by atoms with van der Waals surface area (Å²) in [6.07, 6.45) is 7.61. The molecule has 0 spiro atoms. The third-order valence-electron chi connectivity index (χ3n) is 2.81. The van der Waals surface area contributed by atoms with E-state index in [4.69, 9.17) is 23.2 Å². The van der Waals surface area contributed by atoms with Gasteiger partial charge < -0.3 is 4.57 Å². The van der Waals surface area contributed by atoms with Crippen LogP contribution < -0.4 is 0 Å². The van der Waals surface area contributed by atoms with Gasteiger partial charge in [0, 0.05) is 34.9 Å². The van der Waals surface area contributed by atoms with Gasteiger partial charge in [-0.25, -0.2) is 0 Å². The Balaban J connectivity index is 2.25. The number of aromatic nitrogens is 1. The fourth-order valence-electron chi connectivity index (χ4n) is 2.04. The van der Waals surface area contributed by atoms with Crippen molar-refractivity contribution >= 4 is 29.0 Å². The Labute approximate surface area is 105 Å². The molecule has 2 nitrogen and oxygen atoms in total. The smallest absolute Gasteiger partial charge is 0.164 e. The molecule has 1 aromatic heterocycles. The summed E-state index contributed by atoms with van der Waals surface area (Å²) < 4.78 is 1.93. The maximum absolute atomic E-state index is 11.8. The van der Waals surface area contributed by atoms with Crippen LogP contribution in [0.2, 0.25) is 0 Å². The molecule has 0 radical (unpaired) electrons. The zero-order chi connectivity index (χ0) is 11.5. The first-order chi connectivity index (χ1) is 7.70. The van der Waals surface area contributed by atoms with Crippen LogP contribution in [0.5, 0.6) is 0 Å². The van der Waals surface area contributed by atoms with Crippen molar-refractivity contribution in [1.82, 2.24) is 4.57 Å². The number of halogens is 2. The summed E-state index contributed by atoms with van der Waals surface area (Å²) in [6, 6.07) is 0. The summed E-state index contributed by atoms with van der Waals surface area (Å²) in [5.74, 6) is 0.247. The molecule has 1 aliphatic rings. The summed E-state index contributed by atoms with van der Waals surface area (Å²) in [5, 5.41) is 0.569. The van der Waals surface area contributed by atoms with Crippen LogP contribution in [0.4, 0.5) is 0 Å². The normalized spacial score (nSPS) is 17.1. The van der Waals surface area contributed by atoms with Crippen LogP contribution in [0.3, 0.4) is 0 Å². The second-order valence-electron chi connectivity index (χ2n) is 4.06. The minimum Gasteiger partial charge on any atom is -0.348 e. The molecule has 0 bridgehead atoms. The molecule has 4 heteroatoms. The van der Waals surface area contributed by atoms with Crippen molar-refractivity contribution in [3.8, 4) is 0 Å². The first-order valence-corrected chi connectivity index (χ1v) is 6.19. The van der Waals surface area contributed by atoms with Crippen molar-refractivity contribution in [2.45, 2.75) is 32.2 Å². The van der Waals surface area contributed by atoms with Gasteiger partial charge in [-0.15, -0.1) is 0 Å². The monoisotopic (exact) mass is 257 g/mol. The highest BCUT2D eigenvalue weighted by molar-refractivity contribution is 6.36. The number of carbonyl (C=O) groups is 1. The maximum atomic E-state index is 11.8.